The van der Waals surface area contributed by atoms with E-state index in [4.69, 9.17) is 0 Å². The number of nitrogens with one attached hydrogen (secondary N) is 3. The summed E-state index contributed by atoms with van der Waals surface area (Å²) in [5, 5.41) is 9.37. The Morgan fingerprint density at radius 2 is 2.13 bits per heavy atom. The topological polar surface area (TPSA) is 83.3 Å². The Bertz CT molecular complexity index is 1070. The number of hydrogen-bond acceptors (Lipinski definition) is 3. The number of carbonyl (C=O) groups excluding carboxylic acids is 1. The van der Waals surface area contributed by atoms with Crippen LogP contribution in [0.2, 0.25) is 0 Å². The monoisotopic (exact) mass is 534 g/mol. The molecule has 1 aliphatic heterocycles. The molecule has 31 heavy (non-hydrogen) atoms. The minimum Gasteiger partial charge on any atom is -0.356 e. The standard InChI is InChI=1S/C22H23FN6O.HI/c1-24-22(27-13-16-11-21(30)28-19-5-3-2-4-17(16)19)26-12-15-6-7-20(18(23)10-15)29-9-8-25-14-29;/h2-10,14,16H,11-13H2,1H3,(H,28,30)(H2,24,26,27);1H. The van der Waals surface area contributed by atoms with Crippen molar-refractivity contribution in [2.45, 2.75) is 18.9 Å². The number of benzene rings is 2. The van der Waals surface area contributed by atoms with Crippen molar-refractivity contribution in [2.24, 2.45) is 4.99 Å². The lowest BCUT2D eigenvalue weighted by Crippen LogP contribution is -2.40. The molecule has 0 spiro atoms. The molecule has 2 aromatic carbocycles. The van der Waals surface area contributed by atoms with Gasteiger partial charge >= 0.3 is 0 Å². The number of anilines is 1. The minimum absolute atomic E-state index is 0. The molecule has 7 nitrogen and oxygen atoms in total. The predicted molar refractivity (Wildman–Crippen MR) is 130 cm³/mol. The number of aliphatic imine (C=N–C) groups is 1. The summed E-state index contributed by atoms with van der Waals surface area (Å²) in [6.45, 7) is 0.987. The van der Waals surface area contributed by atoms with Gasteiger partial charge in [0.25, 0.3) is 0 Å². The molecule has 0 bridgehead atoms. The molecule has 3 N–H and O–H groups in total. The molecule has 1 unspecified atom stereocenters. The summed E-state index contributed by atoms with van der Waals surface area (Å²) >= 11 is 0. The summed E-state index contributed by atoms with van der Waals surface area (Å²) in [4.78, 5) is 20.2. The third kappa shape index (κ3) is 5.40. The van der Waals surface area contributed by atoms with E-state index in [9.17, 15) is 9.18 Å². The zero-order valence-corrected chi connectivity index (χ0v) is 19.3. The van der Waals surface area contributed by atoms with Crippen LogP contribution in [0.3, 0.4) is 0 Å². The second-order valence-electron chi connectivity index (χ2n) is 7.10. The number of carbonyl (C=O) groups is 1. The van der Waals surface area contributed by atoms with Gasteiger partial charge in [-0.2, -0.15) is 0 Å². The van der Waals surface area contributed by atoms with Crippen LogP contribution in [0.5, 0.6) is 0 Å². The number of fused-ring (bicyclic) bond motifs is 1. The van der Waals surface area contributed by atoms with Crippen molar-refractivity contribution in [3.05, 3.63) is 78.1 Å². The molecule has 0 saturated heterocycles. The molecule has 3 aromatic rings. The van der Waals surface area contributed by atoms with E-state index in [1.807, 2.05) is 30.3 Å². The second kappa shape index (κ2) is 10.4. The first-order valence-corrected chi connectivity index (χ1v) is 9.74. The highest BCUT2D eigenvalue weighted by Crippen LogP contribution is 2.31. The van der Waals surface area contributed by atoms with Crippen LogP contribution in [0.1, 0.15) is 23.5 Å². The Morgan fingerprint density at radius 1 is 1.29 bits per heavy atom. The number of imidazole rings is 1. The van der Waals surface area contributed by atoms with Gasteiger partial charge in [0, 0.05) is 50.6 Å². The fraction of sp³-hybridized carbons (Fsp3) is 0.227. The van der Waals surface area contributed by atoms with Crippen molar-refractivity contribution in [2.75, 3.05) is 18.9 Å². The highest BCUT2D eigenvalue weighted by Gasteiger charge is 2.24. The predicted octanol–water partition coefficient (Wildman–Crippen LogP) is 3.42. The van der Waals surface area contributed by atoms with Crippen LogP contribution in [0.25, 0.3) is 5.69 Å². The van der Waals surface area contributed by atoms with Crippen LogP contribution >= 0.6 is 24.0 Å². The smallest absolute Gasteiger partial charge is 0.225 e. The van der Waals surface area contributed by atoms with Gasteiger partial charge < -0.3 is 20.5 Å². The fourth-order valence-corrected chi connectivity index (χ4v) is 3.58. The van der Waals surface area contributed by atoms with E-state index < -0.39 is 0 Å². The van der Waals surface area contributed by atoms with Crippen LogP contribution in [-0.2, 0) is 11.3 Å². The van der Waals surface area contributed by atoms with Crippen molar-refractivity contribution in [3.8, 4) is 5.69 Å². The molecule has 9 heteroatoms. The molecule has 2 heterocycles. The van der Waals surface area contributed by atoms with E-state index in [1.54, 1.807) is 36.4 Å². The highest BCUT2D eigenvalue weighted by atomic mass is 127. The maximum absolute atomic E-state index is 14.4. The molecule has 0 aliphatic carbocycles. The van der Waals surface area contributed by atoms with Gasteiger partial charge in [0.1, 0.15) is 5.82 Å². The molecular formula is C22H24FIN6O. The molecule has 4 rings (SSSR count). The number of hydrogen-bond donors (Lipinski definition) is 3. The van der Waals surface area contributed by atoms with Crippen LogP contribution < -0.4 is 16.0 Å². The van der Waals surface area contributed by atoms with E-state index in [0.717, 1.165) is 16.8 Å². The lowest BCUT2D eigenvalue weighted by molar-refractivity contribution is -0.116. The minimum atomic E-state index is -0.319. The summed E-state index contributed by atoms with van der Waals surface area (Å²) in [6.07, 6.45) is 5.29. The van der Waals surface area contributed by atoms with Gasteiger partial charge in [-0.3, -0.25) is 9.79 Å². The molecule has 1 atom stereocenters. The number of guanidine groups is 1. The van der Waals surface area contributed by atoms with Gasteiger partial charge in [0.2, 0.25) is 5.91 Å². The first-order valence-electron chi connectivity index (χ1n) is 9.74. The van der Waals surface area contributed by atoms with E-state index in [1.165, 1.54) is 6.07 Å². The van der Waals surface area contributed by atoms with Crippen molar-refractivity contribution >= 4 is 41.5 Å². The third-order valence-corrected chi connectivity index (χ3v) is 5.10. The SMILES string of the molecule is CN=C(NCc1ccc(-n2ccnc2)c(F)c1)NCC1CC(=O)Nc2ccccc21.I. The quantitative estimate of drug-likeness (QED) is 0.266. The van der Waals surface area contributed by atoms with Gasteiger partial charge in [-0.25, -0.2) is 9.37 Å². The molecule has 1 amide bonds. The Morgan fingerprint density at radius 3 is 2.87 bits per heavy atom. The van der Waals surface area contributed by atoms with Crippen molar-refractivity contribution in [1.29, 1.82) is 0 Å². The number of para-hydroxylation sites is 1. The molecule has 1 aliphatic rings. The second-order valence-corrected chi connectivity index (χ2v) is 7.10. The number of amides is 1. The summed E-state index contributed by atoms with van der Waals surface area (Å²) in [6, 6.07) is 12.9. The van der Waals surface area contributed by atoms with Gasteiger partial charge in [-0.15, -0.1) is 24.0 Å². The van der Waals surface area contributed by atoms with Crippen molar-refractivity contribution in [1.82, 2.24) is 20.2 Å². The summed E-state index contributed by atoms with van der Waals surface area (Å²) < 4.78 is 16.1. The fourth-order valence-electron chi connectivity index (χ4n) is 3.58. The van der Waals surface area contributed by atoms with Gasteiger partial charge in [-0.05, 0) is 29.3 Å². The van der Waals surface area contributed by atoms with Crippen molar-refractivity contribution in [3.63, 3.8) is 0 Å². The summed E-state index contributed by atoms with van der Waals surface area (Å²) in [5.74, 6) is 0.343. The Labute approximate surface area is 197 Å². The van der Waals surface area contributed by atoms with Gasteiger partial charge in [0.05, 0.1) is 12.0 Å². The normalized spacial score (nSPS) is 15.5. The maximum Gasteiger partial charge on any atom is 0.225 e. The average Bonchev–Trinajstić information content (AvgIpc) is 3.28. The summed E-state index contributed by atoms with van der Waals surface area (Å²) in [5.41, 5.74) is 3.21. The molecule has 0 radical (unpaired) electrons. The molecule has 1 aromatic heterocycles. The molecular weight excluding hydrogens is 510 g/mol. The zero-order chi connectivity index (χ0) is 20.9. The Kier molecular flexibility index (Phi) is 7.61. The van der Waals surface area contributed by atoms with E-state index in [-0.39, 0.29) is 41.6 Å². The van der Waals surface area contributed by atoms with Crippen LogP contribution in [0.4, 0.5) is 10.1 Å². The number of aromatic nitrogens is 2. The lowest BCUT2D eigenvalue weighted by Gasteiger charge is -2.26. The van der Waals surface area contributed by atoms with Gasteiger partial charge in [0.15, 0.2) is 5.96 Å². The molecule has 162 valence electrons. The highest BCUT2D eigenvalue weighted by molar-refractivity contribution is 14.0. The first kappa shape index (κ1) is 22.7. The summed E-state index contributed by atoms with van der Waals surface area (Å²) in [7, 11) is 1.68. The average molecular weight is 534 g/mol. The molecule has 0 saturated carbocycles. The van der Waals surface area contributed by atoms with E-state index >= 15 is 0 Å². The number of rotatable bonds is 5. The van der Waals surface area contributed by atoms with Gasteiger partial charge in [-0.1, -0.05) is 24.3 Å². The first-order chi connectivity index (χ1) is 14.6. The molecule has 0 fully saturated rings. The van der Waals surface area contributed by atoms with Crippen LogP contribution in [0.15, 0.2) is 66.2 Å². The third-order valence-electron chi connectivity index (χ3n) is 5.10. The van der Waals surface area contributed by atoms with E-state index in [2.05, 4.69) is 25.9 Å². The van der Waals surface area contributed by atoms with Crippen LogP contribution in [-0.4, -0.2) is 35.0 Å². The Balaban J connectivity index is 0.00000272. The number of halogens is 2. The van der Waals surface area contributed by atoms with Crippen molar-refractivity contribution < 1.29 is 9.18 Å². The van der Waals surface area contributed by atoms with Crippen LogP contribution in [0, 0.1) is 5.82 Å². The Hall–Kier alpha value is -2.95. The zero-order valence-electron chi connectivity index (χ0n) is 17.0. The number of nitrogens with zero attached hydrogens (tertiary/aromatic N) is 3. The largest absolute Gasteiger partial charge is 0.356 e. The van der Waals surface area contributed by atoms with E-state index in [0.29, 0.717) is 31.2 Å². The lowest BCUT2D eigenvalue weighted by atomic mass is 9.90. The maximum atomic E-state index is 14.4.